The monoisotopic (exact) mass is 236 g/mol. The molecule has 17 heavy (non-hydrogen) atoms. The van der Waals surface area contributed by atoms with E-state index >= 15 is 0 Å². The van der Waals surface area contributed by atoms with Crippen LogP contribution in [0.4, 0.5) is 0 Å². The van der Waals surface area contributed by atoms with Crippen molar-refractivity contribution < 1.29 is 14.6 Å². The largest absolute Gasteiger partial charge is 0.486 e. The van der Waals surface area contributed by atoms with E-state index in [4.69, 9.17) is 9.47 Å². The second-order valence-electron chi connectivity index (χ2n) is 4.89. The van der Waals surface area contributed by atoms with E-state index in [2.05, 4.69) is 20.8 Å². The Labute approximate surface area is 102 Å². The smallest absolute Gasteiger partial charge is 0.161 e. The Hall–Kier alpha value is -1.22. The molecule has 0 aliphatic carbocycles. The van der Waals surface area contributed by atoms with E-state index in [-0.39, 0.29) is 12.5 Å². The van der Waals surface area contributed by atoms with Crippen LogP contribution in [-0.4, -0.2) is 24.9 Å². The van der Waals surface area contributed by atoms with E-state index in [0.717, 1.165) is 22.6 Å². The molecule has 1 N–H and O–H groups in total. The van der Waals surface area contributed by atoms with Crippen molar-refractivity contribution in [2.45, 2.75) is 26.7 Å². The molecule has 1 aliphatic heterocycles. The van der Waals surface area contributed by atoms with Crippen LogP contribution in [-0.2, 0) is 0 Å². The van der Waals surface area contributed by atoms with Gasteiger partial charge in [0.05, 0.1) is 6.61 Å². The number of hydrogen-bond acceptors (Lipinski definition) is 3. The second-order valence-corrected chi connectivity index (χ2v) is 4.89. The van der Waals surface area contributed by atoms with Crippen LogP contribution in [0, 0.1) is 12.8 Å². The van der Waals surface area contributed by atoms with Crippen LogP contribution in [0.1, 0.15) is 30.9 Å². The molecule has 0 bridgehead atoms. The fourth-order valence-corrected chi connectivity index (χ4v) is 2.27. The molecular weight excluding hydrogens is 216 g/mol. The van der Waals surface area contributed by atoms with Crippen LogP contribution in [0.2, 0.25) is 0 Å². The Morgan fingerprint density at radius 3 is 2.29 bits per heavy atom. The van der Waals surface area contributed by atoms with Crippen LogP contribution in [0.3, 0.4) is 0 Å². The van der Waals surface area contributed by atoms with Crippen LogP contribution in [0.5, 0.6) is 11.5 Å². The van der Waals surface area contributed by atoms with Gasteiger partial charge in [-0.25, -0.2) is 0 Å². The average molecular weight is 236 g/mol. The predicted octanol–water partition coefficient (Wildman–Crippen LogP) is 2.50. The zero-order valence-corrected chi connectivity index (χ0v) is 10.7. The van der Waals surface area contributed by atoms with Gasteiger partial charge in [-0.3, -0.25) is 0 Å². The molecule has 94 valence electrons. The van der Waals surface area contributed by atoms with Gasteiger partial charge < -0.3 is 14.6 Å². The number of rotatable bonds is 3. The molecule has 0 saturated heterocycles. The van der Waals surface area contributed by atoms with Gasteiger partial charge in [-0.1, -0.05) is 13.8 Å². The van der Waals surface area contributed by atoms with Crippen molar-refractivity contribution in [1.29, 1.82) is 0 Å². The first-order valence-electron chi connectivity index (χ1n) is 6.14. The van der Waals surface area contributed by atoms with Crippen LogP contribution in [0.15, 0.2) is 12.1 Å². The second kappa shape index (κ2) is 4.96. The van der Waals surface area contributed by atoms with Crippen molar-refractivity contribution in [3.63, 3.8) is 0 Å². The summed E-state index contributed by atoms with van der Waals surface area (Å²) in [4.78, 5) is 0. The van der Waals surface area contributed by atoms with Gasteiger partial charge in [-0.2, -0.15) is 0 Å². The molecule has 0 amide bonds. The van der Waals surface area contributed by atoms with E-state index in [1.165, 1.54) is 0 Å². The fourth-order valence-electron chi connectivity index (χ4n) is 2.27. The van der Waals surface area contributed by atoms with Gasteiger partial charge in [-0.05, 0) is 36.1 Å². The van der Waals surface area contributed by atoms with Crippen LogP contribution in [0.25, 0.3) is 0 Å². The van der Waals surface area contributed by atoms with Gasteiger partial charge in [0.25, 0.3) is 0 Å². The number of hydrogen-bond donors (Lipinski definition) is 1. The zero-order chi connectivity index (χ0) is 12.4. The number of aliphatic hydroxyl groups excluding tert-OH is 1. The molecule has 1 atom stereocenters. The van der Waals surface area contributed by atoms with Crippen LogP contribution < -0.4 is 9.47 Å². The highest BCUT2D eigenvalue weighted by Gasteiger charge is 2.21. The van der Waals surface area contributed by atoms with Crippen molar-refractivity contribution >= 4 is 0 Å². The van der Waals surface area contributed by atoms with Crippen molar-refractivity contribution in [1.82, 2.24) is 0 Å². The van der Waals surface area contributed by atoms with Gasteiger partial charge >= 0.3 is 0 Å². The van der Waals surface area contributed by atoms with E-state index in [1.54, 1.807) is 0 Å². The quantitative estimate of drug-likeness (QED) is 0.876. The number of fused-ring (bicyclic) bond motifs is 1. The van der Waals surface area contributed by atoms with Crippen molar-refractivity contribution in [3.05, 3.63) is 23.3 Å². The Morgan fingerprint density at radius 2 is 1.76 bits per heavy atom. The summed E-state index contributed by atoms with van der Waals surface area (Å²) in [5.74, 6) is 2.18. The predicted molar refractivity (Wildman–Crippen MR) is 66.8 cm³/mol. The van der Waals surface area contributed by atoms with Gasteiger partial charge in [0.1, 0.15) is 13.2 Å². The van der Waals surface area contributed by atoms with E-state index < -0.39 is 0 Å². The lowest BCUT2D eigenvalue weighted by Gasteiger charge is -2.25. The summed E-state index contributed by atoms with van der Waals surface area (Å²) in [6.07, 6.45) is 0. The van der Waals surface area contributed by atoms with E-state index in [0.29, 0.717) is 19.1 Å². The first kappa shape index (κ1) is 12.2. The summed E-state index contributed by atoms with van der Waals surface area (Å²) >= 11 is 0. The molecule has 1 unspecified atom stereocenters. The maximum Gasteiger partial charge on any atom is 0.161 e. The Kier molecular flexibility index (Phi) is 3.57. The third-order valence-corrected chi connectivity index (χ3v) is 3.33. The number of aliphatic hydroxyl groups is 1. The highest BCUT2D eigenvalue weighted by molar-refractivity contribution is 5.49. The lowest BCUT2D eigenvalue weighted by Crippen LogP contribution is -2.18. The number of aryl methyl sites for hydroxylation is 1. The normalized spacial score (nSPS) is 16.1. The standard InChI is InChI=1S/C14H20O3/c1-9(2)12(8-15)11-7-14-13(6-10(11)3)16-4-5-17-14/h6-7,9,12,15H,4-5,8H2,1-3H3. The van der Waals surface area contributed by atoms with Gasteiger partial charge in [0.2, 0.25) is 0 Å². The minimum Gasteiger partial charge on any atom is -0.486 e. The molecule has 2 rings (SSSR count). The molecule has 0 saturated carbocycles. The number of benzene rings is 1. The average Bonchev–Trinajstić information content (AvgIpc) is 2.30. The fraction of sp³-hybridized carbons (Fsp3) is 0.571. The molecule has 1 aromatic rings. The minimum atomic E-state index is 0.158. The highest BCUT2D eigenvalue weighted by Crippen LogP contribution is 2.37. The van der Waals surface area contributed by atoms with Crippen molar-refractivity contribution in [2.75, 3.05) is 19.8 Å². The Bertz CT molecular complexity index is 399. The molecule has 1 heterocycles. The third kappa shape index (κ3) is 2.39. The molecule has 1 aliphatic rings. The minimum absolute atomic E-state index is 0.158. The summed E-state index contributed by atoms with van der Waals surface area (Å²) in [6.45, 7) is 7.67. The molecule has 0 radical (unpaired) electrons. The summed E-state index contributed by atoms with van der Waals surface area (Å²) in [6, 6.07) is 4.03. The molecule has 3 heteroatoms. The Morgan fingerprint density at radius 1 is 1.18 bits per heavy atom. The lowest BCUT2D eigenvalue weighted by molar-refractivity contribution is 0.170. The summed E-state index contributed by atoms with van der Waals surface area (Å²) in [5, 5.41) is 9.51. The highest BCUT2D eigenvalue weighted by atomic mass is 16.6. The van der Waals surface area contributed by atoms with Gasteiger partial charge in [-0.15, -0.1) is 0 Å². The van der Waals surface area contributed by atoms with E-state index in [1.807, 2.05) is 12.1 Å². The zero-order valence-electron chi connectivity index (χ0n) is 10.7. The van der Waals surface area contributed by atoms with Crippen molar-refractivity contribution in [2.24, 2.45) is 5.92 Å². The Balaban J connectivity index is 2.40. The maximum absolute atomic E-state index is 9.51. The summed E-state index contributed by atoms with van der Waals surface area (Å²) < 4.78 is 11.1. The SMILES string of the molecule is Cc1cc2c(cc1C(CO)C(C)C)OCCO2. The first-order valence-corrected chi connectivity index (χ1v) is 6.14. The molecule has 1 aromatic carbocycles. The molecule has 0 aromatic heterocycles. The summed E-state index contributed by atoms with van der Waals surface area (Å²) in [5.41, 5.74) is 2.31. The molecular formula is C14H20O3. The van der Waals surface area contributed by atoms with E-state index in [9.17, 15) is 5.11 Å². The van der Waals surface area contributed by atoms with Gasteiger partial charge in [0.15, 0.2) is 11.5 Å². The molecule has 0 fully saturated rings. The number of ether oxygens (including phenoxy) is 2. The van der Waals surface area contributed by atoms with Crippen LogP contribution >= 0.6 is 0 Å². The summed E-state index contributed by atoms with van der Waals surface area (Å²) in [7, 11) is 0. The topological polar surface area (TPSA) is 38.7 Å². The third-order valence-electron chi connectivity index (χ3n) is 3.33. The molecule has 0 spiro atoms. The van der Waals surface area contributed by atoms with Gasteiger partial charge in [0, 0.05) is 5.92 Å². The van der Waals surface area contributed by atoms with Crippen molar-refractivity contribution in [3.8, 4) is 11.5 Å². The first-order chi connectivity index (χ1) is 8.13. The molecule has 3 nitrogen and oxygen atoms in total. The lowest BCUT2D eigenvalue weighted by atomic mass is 9.86. The maximum atomic E-state index is 9.51.